The van der Waals surface area contributed by atoms with Gasteiger partial charge in [-0.3, -0.25) is 0 Å². The Hall–Kier alpha value is -0.130. The van der Waals surface area contributed by atoms with Crippen LogP contribution in [0.4, 0.5) is 0 Å². The SMILES string of the molecule is CC(C)CCCCCCNS(=O)(=O)CC1CCCN1. The molecule has 1 rings (SSSR count). The zero-order valence-corrected chi connectivity index (χ0v) is 13.3. The maximum absolute atomic E-state index is 11.8. The molecule has 1 saturated heterocycles. The Kier molecular flexibility index (Phi) is 7.95. The lowest BCUT2D eigenvalue weighted by Crippen LogP contribution is -2.36. The van der Waals surface area contributed by atoms with E-state index in [-0.39, 0.29) is 11.8 Å². The van der Waals surface area contributed by atoms with Gasteiger partial charge in [0.05, 0.1) is 5.75 Å². The van der Waals surface area contributed by atoms with Gasteiger partial charge in [-0.15, -0.1) is 0 Å². The Morgan fingerprint density at radius 3 is 2.58 bits per heavy atom. The van der Waals surface area contributed by atoms with Gasteiger partial charge in [-0.2, -0.15) is 0 Å². The van der Waals surface area contributed by atoms with E-state index in [0.717, 1.165) is 38.1 Å². The van der Waals surface area contributed by atoms with Crippen molar-refractivity contribution in [1.82, 2.24) is 10.0 Å². The van der Waals surface area contributed by atoms with Crippen LogP contribution in [0.25, 0.3) is 0 Å². The molecule has 114 valence electrons. The molecule has 0 aromatic rings. The van der Waals surface area contributed by atoms with Gasteiger partial charge in [0, 0.05) is 12.6 Å². The van der Waals surface area contributed by atoms with E-state index in [4.69, 9.17) is 0 Å². The first-order valence-corrected chi connectivity index (χ1v) is 9.35. The Labute approximate surface area is 118 Å². The van der Waals surface area contributed by atoms with Crippen LogP contribution in [-0.4, -0.2) is 33.3 Å². The van der Waals surface area contributed by atoms with Crippen LogP contribution >= 0.6 is 0 Å². The lowest BCUT2D eigenvalue weighted by molar-refractivity contribution is 0.516. The van der Waals surface area contributed by atoms with Crippen LogP contribution in [0, 0.1) is 5.92 Å². The fourth-order valence-corrected chi connectivity index (χ4v) is 3.87. The van der Waals surface area contributed by atoms with Crippen LogP contribution in [0.5, 0.6) is 0 Å². The molecule has 0 aliphatic carbocycles. The van der Waals surface area contributed by atoms with Crippen molar-refractivity contribution in [3.05, 3.63) is 0 Å². The van der Waals surface area contributed by atoms with E-state index in [0.29, 0.717) is 6.54 Å². The largest absolute Gasteiger partial charge is 0.313 e. The van der Waals surface area contributed by atoms with Crippen LogP contribution in [0.2, 0.25) is 0 Å². The average molecular weight is 290 g/mol. The molecule has 4 nitrogen and oxygen atoms in total. The minimum absolute atomic E-state index is 0.156. The number of nitrogens with one attached hydrogen (secondary N) is 2. The first kappa shape index (κ1) is 16.9. The van der Waals surface area contributed by atoms with Crippen LogP contribution in [0.15, 0.2) is 0 Å². The smallest absolute Gasteiger partial charge is 0.213 e. The van der Waals surface area contributed by atoms with Gasteiger partial charge in [-0.1, -0.05) is 39.5 Å². The summed E-state index contributed by atoms with van der Waals surface area (Å²) in [5, 5.41) is 3.22. The van der Waals surface area contributed by atoms with Gasteiger partial charge in [-0.05, 0) is 31.7 Å². The van der Waals surface area contributed by atoms with E-state index in [9.17, 15) is 8.42 Å². The summed E-state index contributed by atoms with van der Waals surface area (Å²) in [5.74, 6) is 1.01. The maximum atomic E-state index is 11.8. The molecular weight excluding hydrogens is 260 g/mol. The van der Waals surface area contributed by atoms with E-state index in [1.807, 2.05) is 0 Å². The molecule has 2 N–H and O–H groups in total. The molecule has 0 spiro atoms. The Morgan fingerprint density at radius 2 is 1.95 bits per heavy atom. The third kappa shape index (κ3) is 8.60. The molecule has 0 radical (unpaired) electrons. The highest BCUT2D eigenvalue weighted by Gasteiger charge is 2.21. The molecule has 1 atom stereocenters. The van der Waals surface area contributed by atoms with E-state index < -0.39 is 10.0 Å². The van der Waals surface area contributed by atoms with Crippen molar-refractivity contribution in [2.75, 3.05) is 18.8 Å². The number of hydrogen-bond donors (Lipinski definition) is 2. The monoisotopic (exact) mass is 290 g/mol. The minimum atomic E-state index is -3.08. The van der Waals surface area contributed by atoms with Crippen molar-refractivity contribution in [3.8, 4) is 0 Å². The van der Waals surface area contributed by atoms with Crippen LogP contribution in [0.1, 0.15) is 58.8 Å². The second-order valence-corrected chi connectivity index (χ2v) is 7.92. The molecule has 1 aliphatic rings. The highest BCUT2D eigenvalue weighted by Crippen LogP contribution is 2.09. The zero-order valence-electron chi connectivity index (χ0n) is 12.5. The molecule has 5 heteroatoms. The second kappa shape index (κ2) is 8.93. The van der Waals surface area contributed by atoms with Gasteiger partial charge in [0.2, 0.25) is 10.0 Å². The number of rotatable bonds is 10. The van der Waals surface area contributed by atoms with E-state index >= 15 is 0 Å². The lowest BCUT2D eigenvalue weighted by Gasteiger charge is -2.11. The summed E-state index contributed by atoms with van der Waals surface area (Å²) in [4.78, 5) is 0. The van der Waals surface area contributed by atoms with Crippen LogP contribution in [-0.2, 0) is 10.0 Å². The van der Waals surface area contributed by atoms with Crippen molar-refractivity contribution in [2.45, 2.75) is 64.8 Å². The maximum Gasteiger partial charge on any atom is 0.213 e. The summed E-state index contributed by atoms with van der Waals surface area (Å²) in [5.41, 5.74) is 0. The summed E-state index contributed by atoms with van der Waals surface area (Å²) in [7, 11) is -3.08. The third-order valence-electron chi connectivity index (χ3n) is 3.61. The zero-order chi connectivity index (χ0) is 14.1. The lowest BCUT2D eigenvalue weighted by atomic mass is 10.0. The van der Waals surface area contributed by atoms with Gasteiger partial charge < -0.3 is 5.32 Å². The average Bonchev–Trinajstić information content (AvgIpc) is 2.79. The van der Waals surface area contributed by atoms with Crippen molar-refractivity contribution < 1.29 is 8.42 Å². The first-order chi connectivity index (χ1) is 8.99. The number of unbranched alkanes of at least 4 members (excludes halogenated alkanes) is 3. The van der Waals surface area contributed by atoms with Gasteiger partial charge in [0.1, 0.15) is 0 Å². The van der Waals surface area contributed by atoms with Crippen molar-refractivity contribution >= 4 is 10.0 Å². The van der Waals surface area contributed by atoms with Crippen molar-refractivity contribution in [1.29, 1.82) is 0 Å². The Morgan fingerprint density at radius 1 is 1.21 bits per heavy atom. The minimum Gasteiger partial charge on any atom is -0.313 e. The second-order valence-electron chi connectivity index (χ2n) is 6.07. The van der Waals surface area contributed by atoms with Crippen LogP contribution < -0.4 is 10.0 Å². The fourth-order valence-electron chi connectivity index (χ4n) is 2.48. The predicted molar refractivity (Wildman–Crippen MR) is 80.7 cm³/mol. The van der Waals surface area contributed by atoms with Crippen molar-refractivity contribution in [3.63, 3.8) is 0 Å². The summed E-state index contributed by atoms with van der Waals surface area (Å²) >= 11 is 0. The molecule has 0 amide bonds. The van der Waals surface area contributed by atoms with Crippen molar-refractivity contribution in [2.24, 2.45) is 5.92 Å². The standard InChI is InChI=1S/C14H30N2O2S/c1-13(2)8-5-3-4-6-11-16-19(17,18)12-14-9-7-10-15-14/h13-16H,3-12H2,1-2H3. The highest BCUT2D eigenvalue weighted by molar-refractivity contribution is 7.89. The summed E-state index contributed by atoms with van der Waals surface area (Å²) in [6, 6.07) is 0.156. The summed E-state index contributed by atoms with van der Waals surface area (Å²) < 4.78 is 26.3. The Balaban J connectivity index is 2.01. The first-order valence-electron chi connectivity index (χ1n) is 7.70. The third-order valence-corrected chi connectivity index (χ3v) is 5.10. The Bertz CT molecular complexity index is 322. The molecular formula is C14H30N2O2S. The van der Waals surface area contributed by atoms with E-state index in [1.165, 1.54) is 19.3 Å². The van der Waals surface area contributed by atoms with Crippen LogP contribution in [0.3, 0.4) is 0 Å². The normalized spacial score (nSPS) is 20.3. The molecule has 0 bridgehead atoms. The van der Waals surface area contributed by atoms with E-state index in [2.05, 4.69) is 23.9 Å². The number of sulfonamides is 1. The van der Waals surface area contributed by atoms with Gasteiger partial charge in [0.25, 0.3) is 0 Å². The molecule has 0 saturated carbocycles. The fraction of sp³-hybridized carbons (Fsp3) is 1.00. The highest BCUT2D eigenvalue weighted by atomic mass is 32.2. The van der Waals surface area contributed by atoms with Gasteiger partial charge in [-0.25, -0.2) is 13.1 Å². The van der Waals surface area contributed by atoms with Gasteiger partial charge in [0.15, 0.2) is 0 Å². The molecule has 19 heavy (non-hydrogen) atoms. The quantitative estimate of drug-likeness (QED) is 0.607. The molecule has 1 unspecified atom stereocenters. The topological polar surface area (TPSA) is 58.2 Å². The van der Waals surface area contributed by atoms with E-state index in [1.54, 1.807) is 0 Å². The molecule has 1 heterocycles. The van der Waals surface area contributed by atoms with Gasteiger partial charge >= 0.3 is 0 Å². The molecule has 0 aromatic carbocycles. The summed E-state index contributed by atoms with van der Waals surface area (Å²) in [6.45, 7) is 6.03. The summed E-state index contributed by atoms with van der Waals surface area (Å²) in [6.07, 6.45) is 7.90. The predicted octanol–water partition coefficient (Wildman–Crippen LogP) is 2.26. The molecule has 1 aliphatic heterocycles. The molecule has 1 fully saturated rings. The number of hydrogen-bond acceptors (Lipinski definition) is 3. The molecule has 0 aromatic heterocycles.